The molecule has 1 saturated heterocycles. The molecule has 3 rings (SSSR count). The highest BCUT2D eigenvalue weighted by atomic mass is 35.5. The Kier molecular flexibility index (Phi) is 4.86. The third-order valence-corrected chi connectivity index (χ3v) is 4.59. The topological polar surface area (TPSA) is 67.1 Å². The number of nitrogen functional groups attached to an aromatic ring is 1. The molecule has 6 heteroatoms. The van der Waals surface area contributed by atoms with E-state index in [1.54, 1.807) is 6.33 Å². The zero-order chi connectivity index (χ0) is 16.2. The number of nitrogens with zero attached hydrogens (tertiary/aromatic N) is 3. The quantitative estimate of drug-likeness (QED) is 0.877. The van der Waals surface area contributed by atoms with E-state index >= 15 is 0 Å². The first kappa shape index (κ1) is 15.9. The van der Waals surface area contributed by atoms with Crippen molar-refractivity contribution >= 4 is 34.6 Å². The van der Waals surface area contributed by atoms with E-state index in [1.807, 2.05) is 24.3 Å². The highest BCUT2D eigenvalue weighted by molar-refractivity contribution is 6.30. The average molecular weight is 332 g/mol. The van der Waals surface area contributed by atoms with Crippen LogP contribution in [0.1, 0.15) is 32.6 Å². The zero-order valence-corrected chi connectivity index (χ0v) is 14.1. The van der Waals surface area contributed by atoms with E-state index in [-0.39, 0.29) is 0 Å². The fourth-order valence-corrected chi connectivity index (χ4v) is 3.21. The lowest BCUT2D eigenvalue weighted by Crippen LogP contribution is -2.40. The van der Waals surface area contributed by atoms with Crippen molar-refractivity contribution in [1.82, 2.24) is 9.97 Å². The fraction of sp³-hybridized carbons (Fsp3) is 0.412. The molecule has 5 nitrogen and oxygen atoms in total. The van der Waals surface area contributed by atoms with Crippen LogP contribution in [-0.2, 0) is 0 Å². The van der Waals surface area contributed by atoms with Crippen LogP contribution in [0.3, 0.4) is 0 Å². The smallest absolute Gasteiger partial charge is 0.159 e. The molecule has 1 aromatic heterocycles. The fourth-order valence-electron chi connectivity index (χ4n) is 3.09. The van der Waals surface area contributed by atoms with Gasteiger partial charge in [0.25, 0.3) is 0 Å². The lowest BCUT2D eigenvalue weighted by Gasteiger charge is -2.36. The lowest BCUT2D eigenvalue weighted by atomic mass is 10.00. The third-order valence-electron chi connectivity index (χ3n) is 4.34. The van der Waals surface area contributed by atoms with Crippen molar-refractivity contribution in [2.75, 3.05) is 22.5 Å². The molecule has 1 aromatic carbocycles. The van der Waals surface area contributed by atoms with Crippen LogP contribution in [0.4, 0.5) is 23.0 Å². The van der Waals surface area contributed by atoms with Gasteiger partial charge in [-0.2, -0.15) is 0 Å². The van der Waals surface area contributed by atoms with E-state index < -0.39 is 0 Å². The predicted molar refractivity (Wildman–Crippen MR) is 96.5 cm³/mol. The largest absolute Gasteiger partial charge is 0.393 e. The van der Waals surface area contributed by atoms with Gasteiger partial charge in [0.2, 0.25) is 0 Å². The minimum absolute atomic E-state index is 0.504. The van der Waals surface area contributed by atoms with Crippen LogP contribution in [0.15, 0.2) is 30.6 Å². The SMILES string of the molecule is CCC1CCCCN1c1ncnc(Nc2ccc(Cl)cc2)c1N. The molecule has 0 bridgehead atoms. The van der Waals surface area contributed by atoms with E-state index in [0.717, 1.165) is 24.5 Å². The Balaban J connectivity index is 1.87. The Bertz CT molecular complexity index is 659. The number of hydrogen-bond acceptors (Lipinski definition) is 5. The van der Waals surface area contributed by atoms with Crippen LogP contribution in [0.5, 0.6) is 0 Å². The van der Waals surface area contributed by atoms with E-state index in [4.69, 9.17) is 17.3 Å². The molecule has 2 aromatic rings. The van der Waals surface area contributed by atoms with Crippen LogP contribution in [0.2, 0.25) is 5.02 Å². The molecular formula is C17H22ClN5. The van der Waals surface area contributed by atoms with Crippen LogP contribution >= 0.6 is 11.6 Å². The van der Waals surface area contributed by atoms with E-state index in [9.17, 15) is 0 Å². The third kappa shape index (κ3) is 3.50. The maximum Gasteiger partial charge on any atom is 0.159 e. The van der Waals surface area contributed by atoms with Gasteiger partial charge in [-0.25, -0.2) is 9.97 Å². The number of nitrogens with two attached hydrogens (primary N) is 1. The number of nitrogens with one attached hydrogen (secondary N) is 1. The van der Waals surface area contributed by atoms with Gasteiger partial charge in [-0.1, -0.05) is 18.5 Å². The minimum atomic E-state index is 0.504. The Labute approximate surface area is 141 Å². The second-order valence-electron chi connectivity index (χ2n) is 5.84. The summed E-state index contributed by atoms with van der Waals surface area (Å²) in [6, 6.07) is 7.97. The molecule has 0 aliphatic carbocycles. The zero-order valence-electron chi connectivity index (χ0n) is 13.3. The number of piperidine rings is 1. The Hall–Kier alpha value is -2.01. The first-order valence-corrected chi connectivity index (χ1v) is 8.46. The summed E-state index contributed by atoms with van der Waals surface area (Å²) in [5.41, 5.74) is 7.85. The van der Waals surface area contributed by atoms with Gasteiger partial charge in [-0.15, -0.1) is 0 Å². The molecule has 1 unspecified atom stereocenters. The standard InChI is InChI=1S/C17H22ClN5/c1-2-14-5-3-4-10-23(14)17-15(19)16(20-11-21-17)22-13-8-6-12(18)7-9-13/h6-9,11,14H,2-5,10,19H2,1H3,(H,20,21,22). The molecule has 3 N–H and O–H groups in total. The summed E-state index contributed by atoms with van der Waals surface area (Å²) in [4.78, 5) is 11.1. The maximum absolute atomic E-state index is 6.35. The molecule has 122 valence electrons. The summed E-state index contributed by atoms with van der Waals surface area (Å²) in [6.07, 6.45) is 6.32. The Morgan fingerprint density at radius 1 is 1.26 bits per heavy atom. The Morgan fingerprint density at radius 2 is 2.04 bits per heavy atom. The van der Waals surface area contributed by atoms with Gasteiger partial charge in [-0.05, 0) is 49.9 Å². The molecule has 0 radical (unpaired) electrons. The molecule has 0 saturated carbocycles. The summed E-state index contributed by atoms with van der Waals surface area (Å²) < 4.78 is 0. The Morgan fingerprint density at radius 3 is 2.78 bits per heavy atom. The summed E-state index contributed by atoms with van der Waals surface area (Å²) in [6.45, 7) is 3.22. The van der Waals surface area contributed by atoms with Gasteiger partial charge in [0.15, 0.2) is 11.6 Å². The minimum Gasteiger partial charge on any atom is -0.393 e. The van der Waals surface area contributed by atoms with Crippen LogP contribution in [0.25, 0.3) is 0 Å². The maximum atomic E-state index is 6.35. The molecule has 23 heavy (non-hydrogen) atoms. The van der Waals surface area contributed by atoms with E-state index in [1.165, 1.54) is 19.3 Å². The lowest BCUT2D eigenvalue weighted by molar-refractivity contribution is 0.447. The van der Waals surface area contributed by atoms with Crippen molar-refractivity contribution in [1.29, 1.82) is 0 Å². The number of rotatable bonds is 4. The molecule has 1 atom stereocenters. The normalized spacial score (nSPS) is 18.0. The number of benzene rings is 1. The van der Waals surface area contributed by atoms with E-state index in [2.05, 4.69) is 27.1 Å². The molecule has 2 heterocycles. The average Bonchev–Trinajstić information content (AvgIpc) is 2.59. The van der Waals surface area contributed by atoms with Gasteiger partial charge in [0.05, 0.1) is 0 Å². The van der Waals surface area contributed by atoms with Crippen molar-refractivity contribution < 1.29 is 0 Å². The molecule has 1 aliphatic rings. The second-order valence-corrected chi connectivity index (χ2v) is 6.28. The van der Waals surface area contributed by atoms with Crippen molar-refractivity contribution in [2.45, 2.75) is 38.6 Å². The first-order valence-electron chi connectivity index (χ1n) is 8.08. The molecule has 1 fully saturated rings. The highest BCUT2D eigenvalue weighted by Crippen LogP contribution is 2.33. The van der Waals surface area contributed by atoms with Gasteiger partial charge in [0, 0.05) is 23.3 Å². The van der Waals surface area contributed by atoms with Crippen LogP contribution < -0.4 is 16.0 Å². The van der Waals surface area contributed by atoms with Gasteiger partial charge < -0.3 is 16.0 Å². The van der Waals surface area contributed by atoms with Crippen molar-refractivity contribution in [3.8, 4) is 0 Å². The van der Waals surface area contributed by atoms with Crippen molar-refractivity contribution in [3.63, 3.8) is 0 Å². The molecule has 0 amide bonds. The first-order chi connectivity index (χ1) is 11.2. The summed E-state index contributed by atoms with van der Waals surface area (Å²) >= 11 is 5.92. The van der Waals surface area contributed by atoms with Crippen molar-refractivity contribution in [2.24, 2.45) is 0 Å². The van der Waals surface area contributed by atoms with E-state index in [0.29, 0.717) is 22.6 Å². The predicted octanol–water partition coefficient (Wildman–Crippen LogP) is 4.22. The van der Waals surface area contributed by atoms with Gasteiger partial charge >= 0.3 is 0 Å². The molecule has 0 spiro atoms. The second kappa shape index (κ2) is 7.04. The number of anilines is 4. The molecule has 1 aliphatic heterocycles. The highest BCUT2D eigenvalue weighted by Gasteiger charge is 2.24. The van der Waals surface area contributed by atoms with Crippen molar-refractivity contribution in [3.05, 3.63) is 35.6 Å². The van der Waals surface area contributed by atoms with Gasteiger partial charge in [-0.3, -0.25) is 0 Å². The molecular weight excluding hydrogens is 310 g/mol. The number of aromatic nitrogens is 2. The van der Waals surface area contributed by atoms with Crippen LogP contribution in [0, 0.1) is 0 Å². The monoisotopic (exact) mass is 331 g/mol. The number of halogens is 1. The summed E-state index contributed by atoms with van der Waals surface area (Å²) in [5.74, 6) is 1.47. The summed E-state index contributed by atoms with van der Waals surface area (Å²) in [5, 5.41) is 3.95. The number of hydrogen-bond donors (Lipinski definition) is 2. The van der Waals surface area contributed by atoms with Gasteiger partial charge in [0.1, 0.15) is 12.0 Å². The summed E-state index contributed by atoms with van der Waals surface area (Å²) in [7, 11) is 0. The van der Waals surface area contributed by atoms with Crippen LogP contribution in [-0.4, -0.2) is 22.6 Å².